The molecule has 0 saturated heterocycles. The molecule has 0 saturated carbocycles. The van der Waals surface area contributed by atoms with E-state index in [0.29, 0.717) is 6.61 Å². The van der Waals surface area contributed by atoms with E-state index in [0.717, 1.165) is 21.4 Å². The Hall–Kier alpha value is -1.12. The predicted molar refractivity (Wildman–Crippen MR) is 75.7 cm³/mol. The van der Waals surface area contributed by atoms with Crippen LogP contribution >= 0.6 is 23.5 Å². The quantitative estimate of drug-likeness (QED) is 0.363. The number of aliphatic imine (C=N–C) groups is 1. The molecule has 0 N–H and O–H groups in total. The number of benzene rings is 1. The van der Waals surface area contributed by atoms with Crippen molar-refractivity contribution in [2.75, 3.05) is 18.6 Å². The van der Waals surface area contributed by atoms with Gasteiger partial charge in [-0.1, -0.05) is 30.0 Å². The molecule has 0 atom stereocenters. The number of hydrogen-bond donors (Lipinski definition) is 0. The van der Waals surface area contributed by atoms with Gasteiger partial charge < -0.3 is 4.74 Å². The molecule has 0 bridgehead atoms. The van der Waals surface area contributed by atoms with Gasteiger partial charge in [-0.25, -0.2) is 0 Å². The third-order valence-electron chi connectivity index (χ3n) is 1.98. The van der Waals surface area contributed by atoms with Crippen molar-refractivity contribution < 1.29 is 4.74 Å². The van der Waals surface area contributed by atoms with Crippen LogP contribution in [0, 0.1) is 18.4 Å². The van der Waals surface area contributed by atoms with Gasteiger partial charge in [-0.15, -0.1) is 11.8 Å². The first-order valence-electron chi connectivity index (χ1n) is 5.10. The van der Waals surface area contributed by atoms with Gasteiger partial charge in [0.25, 0.3) is 0 Å². The molecule has 0 aromatic heterocycles. The molecular formula is C12H14N2OS2. The number of para-hydroxylation sites is 1. The predicted octanol–water partition coefficient (Wildman–Crippen LogP) is 3.31. The Morgan fingerprint density at radius 2 is 2.24 bits per heavy atom. The molecule has 0 spiro atoms. The highest BCUT2D eigenvalue weighted by atomic mass is 32.2. The highest BCUT2D eigenvalue weighted by Gasteiger charge is 2.00. The summed E-state index contributed by atoms with van der Waals surface area (Å²) in [6.07, 6.45) is 3.70. The molecule has 17 heavy (non-hydrogen) atoms. The highest BCUT2D eigenvalue weighted by Crippen LogP contribution is 2.18. The lowest BCUT2D eigenvalue weighted by Crippen LogP contribution is -2.02. The van der Waals surface area contributed by atoms with Gasteiger partial charge in [0.1, 0.15) is 10.1 Å². The molecule has 0 heterocycles. The van der Waals surface area contributed by atoms with Gasteiger partial charge in [0.05, 0.1) is 6.61 Å². The molecular weight excluding hydrogens is 252 g/mol. The minimum Gasteiger partial charge on any atom is -0.492 e. The Morgan fingerprint density at radius 3 is 2.88 bits per heavy atom. The minimum atomic E-state index is 0.612. The highest BCUT2D eigenvalue weighted by molar-refractivity contribution is 8.38. The zero-order valence-corrected chi connectivity index (χ0v) is 11.5. The maximum atomic E-state index is 8.44. The maximum Gasteiger partial charge on any atom is 0.207 e. The number of hydrogen-bond acceptors (Lipinski definition) is 5. The van der Waals surface area contributed by atoms with Crippen molar-refractivity contribution in [2.45, 2.75) is 6.92 Å². The Morgan fingerprint density at radius 1 is 1.47 bits per heavy atom. The van der Waals surface area contributed by atoms with E-state index in [1.54, 1.807) is 6.19 Å². The lowest BCUT2D eigenvalue weighted by molar-refractivity contribution is 0.342. The number of thioether (sulfide) groups is 2. The fourth-order valence-corrected chi connectivity index (χ4v) is 2.48. The summed E-state index contributed by atoms with van der Waals surface area (Å²) >= 11 is 3.02. The van der Waals surface area contributed by atoms with E-state index in [9.17, 15) is 0 Å². The molecule has 0 fully saturated rings. The average molecular weight is 266 g/mol. The fourth-order valence-electron chi connectivity index (χ4n) is 1.18. The van der Waals surface area contributed by atoms with Gasteiger partial charge in [-0.05, 0) is 24.8 Å². The van der Waals surface area contributed by atoms with E-state index in [-0.39, 0.29) is 0 Å². The van der Waals surface area contributed by atoms with Crippen molar-refractivity contribution in [1.82, 2.24) is 0 Å². The summed E-state index contributed by atoms with van der Waals surface area (Å²) in [5.41, 5.74) is 1.13. The van der Waals surface area contributed by atoms with Crippen molar-refractivity contribution in [2.24, 2.45) is 4.99 Å². The van der Waals surface area contributed by atoms with Crippen LogP contribution in [-0.4, -0.2) is 23.0 Å². The molecule has 0 amide bonds. The van der Waals surface area contributed by atoms with Crippen molar-refractivity contribution in [3.8, 4) is 11.9 Å². The van der Waals surface area contributed by atoms with E-state index >= 15 is 0 Å². The second-order valence-electron chi connectivity index (χ2n) is 3.14. The van der Waals surface area contributed by atoms with Gasteiger partial charge in [0.2, 0.25) is 6.19 Å². The summed E-state index contributed by atoms with van der Waals surface area (Å²) in [6.45, 7) is 2.63. The second-order valence-corrected chi connectivity index (χ2v) is 5.28. The standard InChI is InChI=1S/C12H14N2OS2/c1-10-5-3-4-6-11(10)15-7-8-17-12(16-2)14-9-13/h3-6H,7-8H2,1-2H3. The van der Waals surface area contributed by atoms with E-state index in [4.69, 9.17) is 10.00 Å². The molecule has 0 aliphatic rings. The summed E-state index contributed by atoms with van der Waals surface area (Å²) in [5.74, 6) is 1.70. The number of aryl methyl sites for hydroxylation is 1. The van der Waals surface area contributed by atoms with E-state index in [2.05, 4.69) is 4.99 Å². The summed E-state index contributed by atoms with van der Waals surface area (Å²) in [7, 11) is 0. The first-order valence-corrected chi connectivity index (χ1v) is 7.31. The monoisotopic (exact) mass is 266 g/mol. The van der Waals surface area contributed by atoms with E-state index < -0.39 is 0 Å². The van der Waals surface area contributed by atoms with E-state index in [1.165, 1.54) is 23.5 Å². The molecule has 0 aliphatic carbocycles. The molecule has 3 nitrogen and oxygen atoms in total. The number of rotatable bonds is 4. The average Bonchev–Trinajstić information content (AvgIpc) is 2.35. The van der Waals surface area contributed by atoms with Crippen LogP contribution in [0.2, 0.25) is 0 Å². The van der Waals surface area contributed by atoms with Crippen molar-refractivity contribution in [3.63, 3.8) is 0 Å². The van der Waals surface area contributed by atoms with Gasteiger partial charge >= 0.3 is 0 Å². The van der Waals surface area contributed by atoms with Crippen LogP contribution in [0.1, 0.15) is 5.56 Å². The van der Waals surface area contributed by atoms with Gasteiger partial charge in [0, 0.05) is 5.75 Å². The van der Waals surface area contributed by atoms with Crippen molar-refractivity contribution >= 4 is 27.9 Å². The molecule has 5 heteroatoms. The molecule has 1 rings (SSSR count). The van der Waals surface area contributed by atoms with Crippen LogP contribution in [0.3, 0.4) is 0 Å². The summed E-state index contributed by atoms with van der Waals surface area (Å²) in [6, 6.07) is 7.92. The minimum absolute atomic E-state index is 0.612. The molecule has 1 aromatic carbocycles. The summed E-state index contributed by atoms with van der Waals surface area (Å²) in [5, 5.41) is 8.44. The lowest BCUT2D eigenvalue weighted by atomic mass is 10.2. The number of ether oxygens (including phenoxy) is 1. The molecule has 90 valence electrons. The van der Waals surface area contributed by atoms with Crippen molar-refractivity contribution in [3.05, 3.63) is 29.8 Å². The topological polar surface area (TPSA) is 45.4 Å². The van der Waals surface area contributed by atoms with Gasteiger partial charge in [0.15, 0.2) is 0 Å². The third-order valence-corrected chi connectivity index (χ3v) is 3.98. The normalized spacial score (nSPS) is 11.0. The molecule has 0 unspecified atom stereocenters. The summed E-state index contributed by atoms with van der Waals surface area (Å²) in [4.78, 5) is 3.70. The Balaban J connectivity index is 2.32. The van der Waals surface area contributed by atoms with Crippen LogP contribution in [0.15, 0.2) is 29.3 Å². The first-order chi connectivity index (χ1) is 8.27. The Bertz CT molecular complexity index is 427. The first kappa shape index (κ1) is 13.9. The smallest absolute Gasteiger partial charge is 0.207 e. The van der Waals surface area contributed by atoms with Gasteiger partial charge in [-0.3, -0.25) is 0 Å². The Labute approximate surface area is 110 Å². The number of nitrogens with zero attached hydrogens (tertiary/aromatic N) is 2. The summed E-state index contributed by atoms with van der Waals surface area (Å²) < 4.78 is 6.42. The maximum absolute atomic E-state index is 8.44. The van der Waals surface area contributed by atoms with Crippen LogP contribution in [-0.2, 0) is 0 Å². The van der Waals surface area contributed by atoms with Crippen LogP contribution in [0.25, 0.3) is 0 Å². The third kappa shape index (κ3) is 5.16. The zero-order valence-electron chi connectivity index (χ0n) is 9.84. The van der Waals surface area contributed by atoms with Crippen LogP contribution in [0.4, 0.5) is 0 Å². The second kappa shape index (κ2) is 8.04. The number of nitriles is 1. The molecule has 0 aliphatic heterocycles. The zero-order chi connectivity index (χ0) is 12.5. The molecule has 1 aromatic rings. The largest absolute Gasteiger partial charge is 0.492 e. The van der Waals surface area contributed by atoms with Gasteiger partial charge in [-0.2, -0.15) is 10.3 Å². The Kier molecular flexibility index (Phi) is 6.60. The van der Waals surface area contributed by atoms with E-state index in [1.807, 2.05) is 37.4 Å². The van der Waals surface area contributed by atoms with Crippen molar-refractivity contribution in [1.29, 1.82) is 5.26 Å². The lowest BCUT2D eigenvalue weighted by Gasteiger charge is -2.08. The fraction of sp³-hybridized carbons (Fsp3) is 0.333. The van der Waals surface area contributed by atoms with Crippen LogP contribution in [0.5, 0.6) is 5.75 Å². The molecule has 0 radical (unpaired) electrons. The van der Waals surface area contributed by atoms with Crippen LogP contribution < -0.4 is 4.74 Å². The SMILES string of the molecule is CSC(=NC#N)SCCOc1ccccc1C.